The first kappa shape index (κ1) is 15.0. The van der Waals surface area contributed by atoms with Gasteiger partial charge < -0.3 is 5.32 Å². The molecule has 1 atom stereocenters. The molecule has 0 spiro atoms. The number of benzene rings is 1. The molecule has 2 aliphatic rings. The summed E-state index contributed by atoms with van der Waals surface area (Å²) in [6.07, 6.45) is 2.38. The topological polar surface area (TPSA) is 63.2 Å². The third-order valence-corrected chi connectivity index (χ3v) is 6.77. The molecule has 1 amide bonds. The maximum Gasteiger partial charge on any atom is 0.230 e. The van der Waals surface area contributed by atoms with E-state index in [2.05, 4.69) is 21.2 Å². The lowest BCUT2D eigenvalue weighted by Gasteiger charge is -2.17. The summed E-state index contributed by atoms with van der Waals surface area (Å²) in [6.45, 7) is 0.466. The molecule has 3 rings (SSSR count). The summed E-state index contributed by atoms with van der Waals surface area (Å²) in [5.41, 5.74) is 0.634. The van der Waals surface area contributed by atoms with Gasteiger partial charge in [-0.25, -0.2) is 8.42 Å². The molecule has 1 aromatic rings. The molecule has 1 saturated heterocycles. The molecule has 4 nitrogen and oxygen atoms in total. The molecule has 2 fully saturated rings. The highest BCUT2D eigenvalue weighted by Crippen LogP contribution is 2.48. The van der Waals surface area contributed by atoms with E-state index in [1.807, 2.05) is 24.3 Å². The maximum atomic E-state index is 12.5. The average molecular weight is 372 g/mol. The average Bonchev–Trinajstić information content (AvgIpc) is 3.16. The first-order valence-electron chi connectivity index (χ1n) is 7.16. The summed E-state index contributed by atoms with van der Waals surface area (Å²) in [4.78, 5) is 12.5. The van der Waals surface area contributed by atoms with E-state index in [1.54, 1.807) is 0 Å². The van der Waals surface area contributed by atoms with Crippen LogP contribution < -0.4 is 5.32 Å². The van der Waals surface area contributed by atoms with Crippen molar-refractivity contribution in [2.24, 2.45) is 5.92 Å². The highest BCUT2D eigenvalue weighted by molar-refractivity contribution is 9.10. The Balaban J connectivity index is 1.63. The minimum atomic E-state index is -2.88. The van der Waals surface area contributed by atoms with Crippen LogP contribution in [0.5, 0.6) is 0 Å². The van der Waals surface area contributed by atoms with Crippen molar-refractivity contribution >= 4 is 31.7 Å². The predicted molar refractivity (Wildman–Crippen MR) is 84.8 cm³/mol. The minimum Gasteiger partial charge on any atom is -0.355 e. The van der Waals surface area contributed by atoms with Crippen LogP contribution in [0.1, 0.15) is 24.8 Å². The molecule has 1 unspecified atom stereocenters. The Morgan fingerprint density at radius 2 is 2.14 bits per heavy atom. The second-order valence-electron chi connectivity index (χ2n) is 6.07. The fourth-order valence-electron chi connectivity index (χ4n) is 3.00. The van der Waals surface area contributed by atoms with E-state index in [0.29, 0.717) is 13.0 Å². The normalized spacial score (nSPS) is 25.5. The number of rotatable bonds is 4. The largest absolute Gasteiger partial charge is 0.355 e. The van der Waals surface area contributed by atoms with E-state index in [-0.39, 0.29) is 23.3 Å². The number of halogens is 1. The lowest BCUT2D eigenvalue weighted by atomic mass is 9.95. The summed E-state index contributed by atoms with van der Waals surface area (Å²) in [6, 6.07) is 7.86. The van der Waals surface area contributed by atoms with Crippen LogP contribution in [-0.2, 0) is 20.0 Å². The molecule has 1 heterocycles. The predicted octanol–water partition coefficient (Wildman–Crippen LogP) is 2.03. The van der Waals surface area contributed by atoms with Gasteiger partial charge in [-0.2, -0.15) is 0 Å². The third kappa shape index (κ3) is 3.16. The first-order chi connectivity index (χ1) is 9.91. The Morgan fingerprint density at radius 1 is 1.38 bits per heavy atom. The Kier molecular flexibility index (Phi) is 3.86. The fourth-order valence-corrected chi connectivity index (χ4v) is 5.26. The van der Waals surface area contributed by atoms with E-state index in [1.165, 1.54) is 0 Å². The summed E-state index contributed by atoms with van der Waals surface area (Å²) in [5, 5.41) is 2.96. The Bertz CT molecular complexity index is 667. The molecular formula is C15H18BrNO3S. The van der Waals surface area contributed by atoms with Crippen molar-refractivity contribution in [3.05, 3.63) is 34.3 Å². The lowest BCUT2D eigenvalue weighted by molar-refractivity contribution is -0.123. The lowest BCUT2D eigenvalue weighted by Crippen LogP contribution is -2.37. The SMILES string of the molecule is O=C(NCC1CCS(=O)(=O)C1)C1(c2cccc(Br)c2)CC1. The van der Waals surface area contributed by atoms with Gasteiger partial charge in [0.05, 0.1) is 16.9 Å². The quantitative estimate of drug-likeness (QED) is 0.880. The molecule has 6 heteroatoms. The number of nitrogens with one attached hydrogen (secondary N) is 1. The van der Waals surface area contributed by atoms with Crippen LogP contribution in [0.25, 0.3) is 0 Å². The van der Waals surface area contributed by atoms with E-state index >= 15 is 0 Å². The van der Waals surface area contributed by atoms with Crippen LogP contribution in [0.4, 0.5) is 0 Å². The highest BCUT2D eigenvalue weighted by Gasteiger charge is 2.51. The van der Waals surface area contributed by atoms with Gasteiger partial charge in [0.25, 0.3) is 0 Å². The molecule has 1 aliphatic carbocycles. The summed E-state index contributed by atoms with van der Waals surface area (Å²) in [7, 11) is -2.88. The second kappa shape index (κ2) is 5.39. The zero-order valence-corrected chi connectivity index (χ0v) is 14.0. The maximum absolute atomic E-state index is 12.5. The number of hydrogen-bond donors (Lipinski definition) is 1. The number of amides is 1. The van der Waals surface area contributed by atoms with Gasteiger partial charge in [-0.05, 0) is 42.9 Å². The molecule has 1 saturated carbocycles. The van der Waals surface area contributed by atoms with Crippen LogP contribution in [0, 0.1) is 5.92 Å². The van der Waals surface area contributed by atoms with Gasteiger partial charge in [0.2, 0.25) is 5.91 Å². The molecule has 1 N–H and O–H groups in total. The second-order valence-corrected chi connectivity index (χ2v) is 9.22. The molecule has 1 aromatic carbocycles. The van der Waals surface area contributed by atoms with Crippen LogP contribution in [0.2, 0.25) is 0 Å². The van der Waals surface area contributed by atoms with Gasteiger partial charge in [-0.3, -0.25) is 4.79 Å². The summed E-state index contributed by atoms with van der Waals surface area (Å²) in [5.74, 6) is 0.559. The molecular weight excluding hydrogens is 354 g/mol. The van der Waals surface area contributed by atoms with Crippen LogP contribution in [0.3, 0.4) is 0 Å². The minimum absolute atomic E-state index is 0.0323. The number of hydrogen-bond acceptors (Lipinski definition) is 3. The molecule has 114 valence electrons. The molecule has 0 radical (unpaired) electrons. The zero-order chi connectivity index (χ0) is 15.1. The van der Waals surface area contributed by atoms with Crippen LogP contribution in [-0.4, -0.2) is 32.4 Å². The monoisotopic (exact) mass is 371 g/mol. The Hall–Kier alpha value is -0.880. The van der Waals surface area contributed by atoms with Crippen molar-refractivity contribution in [3.63, 3.8) is 0 Å². The Labute approximate surface area is 133 Å². The van der Waals surface area contributed by atoms with Gasteiger partial charge in [0.15, 0.2) is 9.84 Å². The Morgan fingerprint density at radius 3 is 2.71 bits per heavy atom. The summed E-state index contributed by atoms with van der Waals surface area (Å²) < 4.78 is 23.8. The van der Waals surface area contributed by atoms with Crippen molar-refractivity contribution in [3.8, 4) is 0 Å². The zero-order valence-electron chi connectivity index (χ0n) is 11.6. The van der Waals surface area contributed by atoms with Crippen molar-refractivity contribution in [2.75, 3.05) is 18.1 Å². The molecule has 21 heavy (non-hydrogen) atoms. The number of sulfone groups is 1. The van der Waals surface area contributed by atoms with E-state index in [9.17, 15) is 13.2 Å². The standard InChI is InChI=1S/C15H18BrNO3S/c16-13-3-1-2-12(8-13)15(5-6-15)14(18)17-9-11-4-7-21(19,20)10-11/h1-3,8,11H,4-7,9-10H2,(H,17,18). The number of carbonyl (C=O) groups excluding carboxylic acids is 1. The number of carbonyl (C=O) groups is 1. The van der Waals surface area contributed by atoms with Crippen LogP contribution >= 0.6 is 15.9 Å². The fraction of sp³-hybridized carbons (Fsp3) is 0.533. The van der Waals surface area contributed by atoms with Gasteiger partial charge >= 0.3 is 0 Å². The van der Waals surface area contributed by atoms with Crippen molar-refractivity contribution in [1.29, 1.82) is 0 Å². The van der Waals surface area contributed by atoms with E-state index in [0.717, 1.165) is 22.9 Å². The van der Waals surface area contributed by atoms with Gasteiger partial charge in [-0.15, -0.1) is 0 Å². The first-order valence-corrected chi connectivity index (χ1v) is 9.77. The summed E-state index contributed by atoms with van der Waals surface area (Å²) >= 11 is 3.44. The van der Waals surface area contributed by atoms with Crippen molar-refractivity contribution in [1.82, 2.24) is 5.32 Å². The van der Waals surface area contributed by atoms with Gasteiger partial charge in [-0.1, -0.05) is 28.1 Å². The van der Waals surface area contributed by atoms with Crippen molar-refractivity contribution < 1.29 is 13.2 Å². The van der Waals surface area contributed by atoms with Crippen molar-refractivity contribution in [2.45, 2.75) is 24.7 Å². The molecule has 1 aliphatic heterocycles. The van der Waals surface area contributed by atoms with E-state index in [4.69, 9.17) is 0 Å². The van der Waals surface area contributed by atoms with E-state index < -0.39 is 15.3 Å². The smallest absolute Gasteiger partial charge is 0.230 e. The third-order valence-electron chi connectivity index (χ3n) is 4.44. The molecule has 0 bridgehead atoms. The highest BCUT2D eigenvalue weighted by atomic mass is 79.9. The van der Waals surface area contributed by atoms with Gasteiger partial charge in [0.1, 0.15) is 0 Å². The van der Waals surface area contributed by atoms with Gasteiger partial charge in [0, 0.05) is 11.0 Å². The van der Waals surface area contributed by atoms with Crippen LogP contribution in [0.15, 0.2) is 28.7 Å². The molecule has 0 aromatic heterocycles.